The van der Waals surface area contributed by atoms with Gasteiger partial charge in [-0.2, -0.15) is 0 Å². The second-order valence-electron chi connectivity index (χ2n) is 10.3. The number of carboxylic acid groups (broad SMARTS) is 1. The zero-order valence-electron chi connectivity index (χ0n) is 21.7. The van der Waals surface area contributed by atoms with Crippen LogP contribution in [0.2, 0.25) is 0 Å². The number of nitrogens with zero attached hydrogens (tertiary/aromatic N) is 1. The molecule has 1 fully saturated rings. The van der Waals surface area contributed by atoms with E-state index in [-0.39, 0.29) is 30.2 Å². The highest BCUT2D eigenvalue weighted by molar-refractivity contribution is 5.77. The first-order valence-electron chi connectivity index (χ1n) is 12.6. The van der Waals surface area contributed by atoms with E-state index < -0.39 is 24.6 Å². The number of aryl methyl sites for hydroxylation is 1. The Hall–Kier alpha value is -3.34. The fourth-order valence-corrected chi connectivity index (χ4v) is 4.64. The van der Waals surface area contributed by atoms with Crippen molar-refractivity contribution in [1.29, 1.82) is 0 Å². The van der Waals surface area contributed by atoms with Crippen LogP contribution in [0.15, 0.2) is 18.2 Å². The van der Waals surface area contributed by atoms with Gasteiger partial charge in [-0.15, -0.1) is 0 Å². The molecule has 1 aromatic carbocycles. The maximum absolute atomic E-state index is 12.8. The number of hydrogen-bond donors (Lipinski definition) is 3. The predicted octanol–water partition coefficient (Wildman–Crippen LogP) is 2.59. The molecule has 3 N–H and O–H groups in total. The number of unbranched alkanes of at least 4 members (excludes halogenated alkanes) is 1. The number of carboxylic acids is 1. The van der Waals surface area contributed by atoms with Crippen LogP contribution in [0.25, 0.3) is 0 Å². The standard InChI is InChI=1S/C26H37N3O8/c1-26(2,16-36-24(33)28-13-22(30)31)10-5-4-7-17-8-6-9-18-14-29(15-20(17)18)25(34)37-19-11-21(27-12-19)23(32)35-3/h6,8-9,19,21,27H,4-5,7,10-16H2,1-3H3,(H,28,33)(H,30,31)/t19-,21+/m1/s1. The number of amides is 2. The lowest BCUT2D eigenvalue weighted by Gasteiger charge is -2.24. The fourth-order valence-electron chi connectivity index (χ4n) is 4.64. The van der Waals surface area contributed by atoms with Gasteiger partial charge in [-0.05, 0) is 41.4 Å². The molecule has 0 aliphatic carbocycles. The number of carbonyl (C=O) groups is 4. The average Bonchev–Trinajstić information content (AvgIpc) is 3.51. The van der Waals surface area contributed by atoms with Gasteiger partial charge in [0.15, 0.2) is 0 Å². The molecular formula is C26H37N3O8. The third-order valence-corrected chi connectivity index (χ3v) is 6.71. The molecule has 0 saturated carbocycles. The molecule has 1 saturated heterocycles. The van der Waals surface area contributed by atoms with Crippen LogP contribution in [0.3, 0.4) is 0 Å². The minimum atomic E-state index is -1.12. The van der Waals surface area contributed by atoms with Gasteiger partial charge in [0, 0.05) is 26.1 Å². The van der Waals surface area contributed by atoms with E-state index in [1.165, 1.54) is 12.7 Å². The molecule has 37 heavy (non-hydrogen) atoms. The SMILES string of the molecule is COC(=O)[C@@H]1C[C@@H](OC(=O)N2Cc3cccc(CCCCC(C)(C)COC(=O)NCC(=O)O)c3C2)CN1. The third-order valence-electron chi connectivity index (χ3n) is 6.71. The van der Waals surface area contributed by atoms with Crippen molar-refractivity contribution in [2.75, 3.05) is 26.8 Å². The van der Waals surface area contributed by atoms with Crippen molar-refractivity contribution in [2.24, 2.45) is 5.41 Å². The quantitative estimate of drug-likeness (QED) is 0.228. The molecule has 0 radical (unpaired) electrons. The summed E-state index contributed by atoms with van der Waals surface area (Å²) in [5.41, 5.74) is 3.26. The van der Waals surface area contributed by atoms with Crippen molar-refractivity contribution in [3.05, 3.63) is 34.9 Å². The van der Waals surface area contributed by atoms with Crippen LogP contribution in [0.1, 0.15) is 56.2 Å². The third kappa shape index (κ3) is 8.34. The summed E-state index contributed by atoms with van der Waals surface area (Å²) in [5, 5.41) is 13.8. The molecule has 0 unspecified atom stereocenters. The minimum Gasteiger partial charge on any atom is -0.480 e. The molecule has 2 heterocycles. The molecule has 0 bridgehead atoms. The first-order valence-corrected chi connectivity index (χ1v) is 12.6. The van der Waals surface area contributed by atoms with Crippen molar-refractivity contribution in [3.8, 4) is 0 Å². The van der Waals surface area contributed by atoms with Crippen molar-refractivity contribution in [2.45, 2.75) is 71.2 Å². The van der Waals surface area contributed by atoms with Crippen LogP contribution >= 0.6 is 0 Å². The summed E-state index contributed by atoms with van der Waals surface area (Å²) in [6.07, 6.45) is 2.51. The van der Waals surface area contributed by atoms with Crippen molar-refractivity contribution < 1.29 is 38.5 Å². The van der Waals surface area contributed by atoms with Gasteiger partial charge in [-0.25, -0.2) is 9.59 Å². The molecule has 2 aliphatic heterocycles. The molecule has 1 aromatic rings. The maximum atomic E-state index is 12.8. The Bertz CT molecular complexity index is 996. The number of nitrogens with one attached hydrogen (secondary N) is 2. The van der Waals surface area contributed by atoms with Gasteiger partial charge < -0.3 is 30.0 Å². The van der Waals surface area contributed by atoms with Crippen LogP contribution in [-0.4, -0.2) is 73.1 Å². The van der Waals surface area contributed by atoms with E-state index in [0.717, 1.165) is 36.8 Å². The van der Waals surface area contributed by atoms with Crippen molar-refractivity contribution in [3.63, 3.8) is 0 Å². The second kappa shape index (κ2) is 12.8. The van der Waals surface area contributed by atoms with E-state index >= 15 is 0 Å². The lowest BCUT2D eigenvalue weighted by Crippen LogP contribution is -2.32. The number of hydrogen-bond acceptors (Lipinski definition) is 8. The van der Waals surface area contributed by atoms with Crippen molar-refractivity contribution in [1.82, 2.24) is 15.5 Å². The molecule has 11 heteroatoms. The number of carbonyl (C=O) groups excluding carboxylic acids is 3. The highest BCUT2D eigenvalue weighted by atomic mass is 16.6. The van der Waals surface area contributed by atoms with Gasteiger partial charge in [-0.3, -0.25) is 14.5 Å². The zero-order chi connectivity index (χ0) is 27.0. The van der Waals surface area contributed by atoms with E-state index in [4.69, 9.17) is 19.3 Å². The summed E-state index contributed by atoms with van der Waals surface area (Å²) in [6.45, 7) is 5.16. The fraction of sp³-hybridized carbons (Fsp3) is 0.615. The number of ether oxygens (including phenoxy) is 3. The average molecular weight is 520 g/mol. The smallest absolute Gasteiger partial charge is 0.410 e. The number of fused-ring (bicyclic) bond motifs is 1. The maximum Gasteiger partial charge on any atom is 0.410 e. The summed E-state index contributed by atoms with van der Waals surface area (Å²) in [6, 6.07) is 5.69. The van der Waals surface area contributed by atoms with Gasteiger partial charge in [0.25, 0.3) is 0 Å². The molecule has 2 amide bonds. The number of alkyl carbamates (subject to hydrolysis) is 1. The number of aliphatic carboxylic acids is 1. The summed E-state index contributed by atoms with van der Waals surface area (Å²) in [4.78, 5) is 48.2. The van der Waals surface area contributed by atoms with E-state index in [1.54, 1.807) is 4.90 Å². The molecule has 2 atom stereocenters. The second-order valence-corrected chi connectivity index (χ2v) is 10.3. The van der Waals surface area contributed by atoms with Gasteiger partial charge in [0.1, 0.15) is 18.7 Å². The van der Waals surface area contributed by atoms with E-state index in [9.17, 15) is 19.2 Å². The van der Waals surface area contributed by atoms with Crippen LogP contribution in [-0.2, 0) is 43.3 Å². The normalized spacial score (nSPS) is 18.7. The van der Waals surface area contributed by atoms with Gasteiger partial charge in [-0.1, -0.05) is 38.5 Å². The van der Waals surface area contributed by atoms with E-state index in [1.807, 2.05) is 26.0 Å². The number of esters is 1. The molecule has 0 spiro atoms. The lowest BCUT2D eigenvalue weighted by atomic mass is 9.87. The molecule has 0 aromatic heterocycles. The van der Waals surface area contributed by atoms with Crippen LogP contribution < -0.4 is 10.6 Å². The number of methoxy groups -OCH3 is 1. The van der Waals surface area contributed by atoms with Crippen LogP contribution in [0.5, 0.6) is 0 Å². The Labute approximate surface area is 216 Å². The molecule has 11 nitrogen and oxygen atoms in total. The summed E-state index contributed by atoms with van der Waals surface area (Å²) >= 11 is 0. The summed E-state index contributed by atoms with van der Waals surface area (Å²) in [7, 11) is 1.34. The Balaban J connectivity index is 1.42. The highest BCUT2D eigenvalue weighted by Gasteiger charge is 2.34. The molecular weight excluding hydrogens is 482 g/mol. The van der Waals surface area contributed by atoms with Crippen LogP contribution in [0.4, 0.5) is 9.59 Å². The molecule has 2 aliphatic rings. The number of rotatable bonds is 11. The van der Waals surface area contributed by atoms with Gasteiger partial charge >= 0.3 is 24.1 Å². The highest BCUT2D eigenvalue weighted by Crippen LogP contribution is 2.29. The van der Waals surface area contributed by atoms with E-state index in [0.29, 0.717) is 26.1 Å². The number of benzene rings is 1. The summed E-state index contributed by atoms with van der Waals surface area (Å²) in [5.74, 6) is -1.47. The monoisotopic (exact) mass is 519 g/mol. The lowest BCUT2D eigenvalue weighted by molar-refractivity contribution is -0.142. The molecule has 3 rings (SSSR count). The first-order chi connectivity index (χ1) is 17.6. The minimum absolute atomic E-state index is 0.202. The zero-order valence-corrected chi connectivity index (χ0v) is 21.7. The first kappa shape index (κ1) is 28.2. The summed E-state index contributed by atoms with van der Waals surface area (Å²) < 4.78 is 15.5. The predicted molar refractivity (Wildman–Crippen MR) is 133 cm³/mol. The Morgan fingerprint density at radius 2 is 1.97 bits per heavy atom. The topological polar surface area (TPSA) is 144 Å². The largest absolute Gasteiger partial charge is 0.480 e. The van der Waals surface area contributed by atoms with E-state index in [2.05, 4.69) is 16.7 Å². The van der Waals surface area contributed by atoms with Gasteiger partial charge in [0.05, 0.1) is 13.7 Å². The van der Waals surface area contributed by atoms with Crippen molar-refractivity contribution >= 4 is 24.1 Å². The van der Waals surface area contributed by atoms with Crippen LogP contribution in [0, 0.1) is 5.41 Å². The Kier molecular flexibility index (Phi) is 9.73. The molecule has 204 valence electrons. The Morgan fingerprint density at radius 3 is 2.70 bits per heavy atom. The van der Waals surface area contributed by atoms with Gasteiger partial charge in [0.2, 0.25) is 0 Å². The Morgan fingerprint density at radius 1 is 1.19 bits per heavy atom.